The summed E-state index contributed by atoms with van der Waals surface area (Å²) in [5.41, 5.74) is 2.34. The monoisotopic (exact) mass is 407 g/mol. The molecular formula is C21H21N5O2S. The minimum absolute atomic E-state index is 0.00517. The highest BCUT2D eigenvalue weighted by Crippen LogP contribution is 2.22. The maximum absolute atomic E-state index is 13.1. The largest absolute Gasteiger partial charge is 0.335 e. The summed E-state index contributed by atoms with van der Waals surface area (Å²) >= 11 is 1.51. The molecule has 1 aliphatic heterocycles. The molecule has 148 valence electrons. The molecule has 8 heteroatoms. The van der Waals surface area contributed by atoms with Gasteiger partial charge in [0.1, 0.15) is 6.33 Å². The van der Waals surface area contributed by atoms with E-state index in [2.05, 4.69) is 15.2 Å². The number of benzene rings is 2. The summed E-state index contributed by atoms with van der Waals surface area (Å²) in [4.78, 5) is 33.5. The lowest BCUT2D eigenvalue weighted by atomic mass is 10.1. The Morgan fingerprint density at radius 2 is 1.55 bits per heavy atom. The van der Waals surface area contributed by atoms with Crippen LogP contribution in [-0.2, 0) is 5.75 Å². The van der Waals surface area contributed by atoms with Gasteiger partial charge in [-0.15, -0.1) is 0 Å². The van der Waals surface area contributed by atoms with E-state index in [4.69, 9.17) is 0 Å². The fourth-order valence-corrected chi connectivity index (χ4v) is 4.09. The fourth-order valence-electron chi connectivity index (χ4n) is 3.31. The summed E-state index contributed by atoms with van der Waals surface area (Å²) in [6.45, 7) is 2.13. The number of piperazine rings is 1. The molecule has 2 amide bonds. The molecule has 29 heavy (non-hydrogen) atoms. The van der Waals surface area contributed by atoms with Gasteiger partial charge in [-0.25, -0.2) is 4.98 Å². The number of hydrogen-bond acceptors (Lipinski definition) is 5. The molecule has 0 radical (unpaired) electrons. The zero-order valence-electron chi connectivity index (χ0n) is 15.8. The number of nitrogens with one attached hydrogen (secondary N) is 1. The Bertz CT molecular complexity index is 970. The van der Waals surface area contributed by atoms with Crippen molar-refractivity contribution in [3.05, 3.63) is 77.6 Å². The molecule has 4 rings (SSSR count). The molecule has 1 fully saturated rings. The van der Waals surface area contributed by atoms with Gasteiger partial charge in [-0.05, 0) is 23.8 Å². The van der Waals surface area contributed by atoms with E-state index in [9.17, 15) is 9.59 Å². The molecule has 2 aromatic carbocycles. The van der Waals surface area contributed by atoms with E-state index in [1.807, 2.05) is 64.4 Å². The minimum Gasteiger partial charge on any atom is -0.335 e. The quantitative estimate of drug-likeness (QED) is 0.658. The van der Waals surface area contributed by atoms with Crippen molar-refractivity contribution >= 4 is 23.6 Å². The first kappa shape index (κ1) is 19.2. The first-order valence-electron chi connectivity index (χ1n) is 9.42. The maximum Gasteiger partial charge on any atom is 0.254 e. The number of rotatable bonds is 5. The molecule has 0 aliphatic carbocycles. The van der Waals surface area contributed by atoms with Crippen molar-refractivity contribution in [1.29, 1.82) is 0 Å². The molecule has 1 aromatic heterocycles. The highest BCUT2D eigenvalue weighted by Gasteiger charge is 2.26. The van der Waals surface area contributed by atoms with E-state index in [1.54, 1.807) is 0 Å². The summed E-state index contributed by atoms with van der Waals surface area (Å²) in [6.07, 6.45) is 1.47. The SMILES string of the molecule is O=C(c1ccccc1)N1CCN(C(=O)c2ccccc2CSc2ncn[nH]2)CC1. The predicted octanol–water partition coefficient (Wildman–Crippen LogP) is 2.70. The third-order valence-electron chi connectivity index (χ3n) is 4.88. The number of thioether (sulfide) groups is 1. The molecule has 2 heterocycles. The lowest BCUT2D eigenvalue weighted by Crippen LogP contribution is -2.50. The molecule has 0 bridgehead atoms. The van der Waals surface area contributed by atoms with Crippen LogP contribution in [0.2, 0.25) is 0 Å². The second-order valence-electron chi connectivity index (χ2n) is 6.69. The fraction of sp³-hybridized carbons (Fsp3) is 0.238. The Morgan fingerprint density at radius 3 is 2.24 bits per heavy atom. The molecule has 0 atom stereocenters. The van der Waals surface area contributed by atoms with E-state index in [1.165, 1.54) is 18.1 Å². The van der Waals surface area contributed by atoms with Crippen molar-refractivity contribution in [3.63, 3.8) is 0 Å². The average Bonchev–Trinajstić information content (AvgIpc) is 3.31. The summed E-state index contributed by atoms with van der Waals surface area (Å²) in [5, 5.41) is 7.38. The molecule has 0 unspecified atom stereocenters. The van der Waals surface area contributed by atoms with E-state index in [0.29, 0.717) is 43.1 Å². The van der Waals surface area contributed by atoms with Crippen LogP contribution in [0.3, 0.4) is 0 Å². The van der Waals surface area contributed by atoms with Crippen molar-refractivity contribution in [3.8, 4) is 0 Å². The number of carbonyl (C=O) groups excluding carboxylic acids is 2. The minimum atomic E-state index is 0.00517. The standard InChI is InChI=1S/C21H21N5O2S/c27-19(16-6-2-1-3-7-16)25-10-12-26(13-11-25)20(28)18-9-5-4-8-17(18)14-29-21-22-15-23-24-21/h1-9,15H,10-14H2,(H,22,23,24). The molecule has 1 saturated heterocycles. The van der Waals surface area contributed by atoms with Gasteiger partial charge in [-0.1, -0.05) is 48.2 Å². The average molecular weight is 407 g/mol. The second-order valence-corrected chi connectivity index (χ2v) is 7.65. The van der Waals surface area contributed by atoms with E-state index >= 15 is 0 Å². The van der Waals surface area contributed by atoms with E-state index < -0.39 is 0 Å². The van der Waals surface area contributed by atoms with Gasteiger partial charge in [0.05, 0.1) is 0 Å². The Kier molecular flexibility index (Phi) is 5.90. The lowest BCUT2D eigenvalue weighted by molar-refractivity contribution is 0.0535. The Labute approximate surface area is 173 Å². The summed E-state index contributed by atoms with van der Waals surface area (Å²) in [7, 11) is 0. The number of aromatic nitrogens is 3. The summed E-state index contributed by atoms with van der Waals surface area (Å²) in [6, 6.07) is 16.9. The van der Waals surface area contributed by atoms with Crippen molar-refractivity contribution in [1.82, 2.24) is 25.0 Å². The number of H-pyrrole nitrogens is 1. The van der Waals surface area contributed by atoms with Crippen molar-refractivity contribution in [2.45, 2.75) is 10.9 Å². The van der Waals surface area contributed by atoms with Crippen LogP contribution in [0.15, 0.2) is 66.1 Å². The van der Waals surface area contributed by atoms with E-state index in [0.717, 1.165) is 10.7 Å². The van der Waals surface area contributed by atoms with Gasteiger partial charge in [0.15, 0.2) is 5.16 Å². The lowest BCUT2D eigenvalue weighted by Gasteiger charge is -2.35. The smallest absolute Gasteiger partial charge is 0.254 e. The molecule has 7 nitrogen and oxygen atoms in total. The third kappa shape index (κ3) is 4.48. The van der Waals surface area contributed by atoms with Gasteiger partial charge in [0.25, 0.3) is 11.8 Å². The van der Waals surface area contributed by atoms with Gasteiger partial charge >= 0.3 is 0 Å². The summed E-state index contributed by atoms with van der Waals surface area (Å²) in [5.74, 6) is 0.649. The first-order valence-corrected chi connectivity index (χ1v) is 10.4. The zero-order chi connectivity index (χ0) is 20.1. The number of carbonyl (C=O) groups is 2. The van der Waals surface area contributed by atoms with Crippen LogP contribution in [0.1, 0.15) is 26.3 Å². The van der Waals surface area contributed by atoms with Gasteiger partial charge in [0.2, 0.25) is 0 Å². The Balaban J connectivity index is 1.39. The van der Waals surface area contributed by atoms with Crippen LogP contribution in [0.25, 0.3) is 0 Å². The van der Waals surface area contributed by atoms with Crippen molar-refractivity contribution < 1.29 is 9.59 Å². The molecule has 0 spiro atoms. The van der Waals surface area contributed by atoms with Crippen LogP contribution in [0.5, 0.6) is 0 Å². The summed E-state index contributed by atoms with van der Waals surface area (Å²) < 4.78 is 0. The zero-order valence-corrected chi connectivity index (χ0v) is 16.6. The topological polar surface area (TPSA) is 82.2 Å². The molecule has 3 aromatic rings. The van der Waals surface area contributed by atoms with Crippen LogP contribution in [0.4, 0.5) is 0 Å². The van der Waals surface area contributed by atoms with Gasteiger partial charge in [-0.2, -0.15) is 5.10 Å². The maximum atomic E-state index is 13.1. The van der Waals surface area contributed by atoms with Crippen LogP contribution >= 0.6 is 11.8 Å². The van der Waals surface area contributed by atoms with Gasteiger partial charge in [-0.3, -0.25) is 14.7 Å². The first-order chi connectivity index (χ1) is 14.2. The Morgan fingerprint density at radius 1 is 0.897 bits per heavy atom. The normalized spacial score (nSPS) is 14.1. The molecule has 1 aliphatic rings. The molecule has 0 saturated carbocycles. The Hall–Kier alpha value is -3.13. The molecule has 1 N–H and O–H groups in total. The van der Waals surface area contributed by atoms with Crippen LogP contribution in [0, 0.1) is 0 Å². The molecular weight excluding hydrogens is 386 g/mol. The number of amides is 2. The number of hydrogen-bond donors (Lipinski definition) is 1. The van der Waals surface area contributed by atoms with Crippen LogP contribution in [-0.4, -0.2) is 63.0 Å². The van der Waals surface area contributed by atoms with Crippen molar-refractivity contribution in [2.24, 2.45) is 0 Å². The van der Waals surface area contributed by atoms with Gasteiger partial charge in [0, 0.05) is 43.1 Å². The van der Waals surface area contributed by atoms with Gasteiger partial charge < -0.3 is 9.80 Å². The second kappa shape index (κ2) is 8.91. The van der Waals surface area contributed by atoms with E-state index in [-0.39, 0.29) is 11.8 Å². The predicted molar refractivity (Wildman–Crippen MR) is 111 cm³/mol. The highest BCUT2D eigenvalue weighted by molar-refractivity contribution is 7.98. The third-order valence-corrected chi connectivity index (χ3v) is 5.81. The van der Waals surface area contributed by atoms with Crippen molar-refractivity contribution in [2.75, 3.05) is 26.2 Å². The number of aromatic amines is 1. The van der Waals surface area contributed by atoms with Crippen LogP contribution < -0.4 is 0 Å². The number of nitrogens with zero attached hydrogens (tertiary/aromatic N) is 4. The highest BCUT2D eigenvalue weighted by atomic mass is 32.2.